The molecule has 204 valence electrons. The van der Waals surface area contributed by atoms with Crippen LogP contribution in [0.2, 0.25) is 0 Å². The number of methoxy groups -OCH3 is 2. The van der Waals surface area contributed by atoms with E-state index in [9.17, 15) is 4.79 Å². The summed E-state index contributed by atoms with van der Waals surface area (Å²) in [6.07, 6.45) is 12.2. The molecule has 1 amide bonds. The Kier molecular flexibility index (Phi) is 8.54. The van der Waals surface area contributed by atoms with Crippen molar-refractivity contribution in [2.45, 2.75) is 38.3 Å². The van der Waals surface area contributed by atoms with Crippen LogP contribution < -0.4 is 5.32 Å². The number of anilines is 1. The van der Waals surface area contributed by atoms with Gasteiger partial charge in [0.15, 0.2) is 0 Å². The largest absolute Gasteiger partial charge is 0.375 e. The van der Waals surface area contributed by atoms with Gasteiger partial charge in [0.2, 0.25) is 5.95 Å². The third-order valence-corrected chi connectivity index (χ3v) is 6.90. The summed E-state index contributed by atoms with van der Waals surface area (Å²) in [6.45, 7) is 0.309. The van der Waals surface area contributed by atoms with E-state index in [2.05, 4.69) is 31.5 Å². The molecule has 10 nitrogen and oxygen atoms in total. The van der Waals surface area contributed by atoms with E-state index in [0.29, 0.717) is 35.1 Å². The standard InChI is InChI=1S/C30H31N7O3/c1-4-20-9-7-12-22(15-20)25-16-26(33-30(32-25)34-28(38)19-39-2)27-18-37(36-35-27)17-23-13-8-14-24(31-23)29(40-3)21-10-5-6-11-21/h1,7-9,12-16,18,21,29H,5-6,10-11,17,19H2,2-3H3,(H,32,33,34,38). The third kappa shape index (κ3) is 6.39. The van der Waals surface area contributed by atoms with E-state index in [-0.39, 0.29) is 24.6 Å². The lowest BCUT2D eigenvalue weighted by Gasteiger charge is -2.21. The maximum absolute atomic E-state index is 12.2. The van der Waals surface area contributed by atoms with Crippen LogP contribution in [0.3, 0.4) is 0 Å². The van der Waals surface area contributed by atoms with Crippen molar-refractivity contribution < 1.29 is 14.3 Å². The Labute approximate surface area is 233 Å². The van der Waals surface area contributed by atoms with E-state index in [1.54, 1.807) is 24.1 Å². The number of aromatic nitrogens is 6. The van der Waals surface area contributed by atoms with E-state index in [4.69, 9.17) is 20.9 Å². The highest BCUT2D eigenvalue weighted by molar-refractivity contribution is 5.90. The Hall–Kier alpha value is -4.46. The molecule has 1 aliphatic carbocycles. The normalized spacial score (nSPS) is 14.1. The van der Waals surface area contributed by atoms with E-state index in [1.165, 1.54) is 32.8 Å². The van der Waals surface area contributed by atoms with Crippen LogP contribution in [-0.2, 0) is 20.8 Å². The number of carbonyl (C=O) groups is 1. The summed E-state index contributed by atoms with van der Waals surface area (Å²) in [7, 11) is 3.20. The van der Waals surface area contributed by atoms with E-state index in [1.807, 2.05) is 42.5 Å². The zero-order valence-corrected chi connectivity index (χ0v) is 22.6. The summed E-state index contributed by atoms with van der Waals surface area (Å²) >= 11 is 0. The minimum Gasteiger partial charge on any atom is -0.375 e. The summed E-state index contributed by atoms with van der Waals surface area (Å²) in [5.74, 6) is 2.89. The molecule has 1 aromatic carbocycles. The maximum Gasteiger partial charge on any atom is 0.252 e. The highest BCUT2D eigenvalue weighted by Crippen LogP contribution is 2.37. The first-order valence-corrected chi connectivity index (χ1v) is 13.2. The molecule has 1 aliphatic rings. The van der Waals surface area contributed by atoms with Gasteiger partial charge in [-0.05, 0) is 49.1 Å². The lowest BCUT2D eigenvalue weighted by atomic mass is 9.97. The molecule has 1 N–H and O–H groups in total. The molecule has 1 atom stereocenters. The van der Waals surface area contributed by atoms with Crippen LogP contribution in [0.4, 0.5) is 5.95 Å². The van der Waals surface area contributed by atoms with Gasteiger partial charge < -0.3 is 9.47 Å². The Morgan fingerprint density at radius 1 is 1.07 bits per heavy atom. The van der Waals surface area contributed by atoms with Crippen molar-refractivity contribution in [3.63, 3.8) is 0 Å². The molecule has 0 saturated heterocycles. The first-order chi connectivity index (χ1) is 19.6. The number of hydrogen-bond acceptors (Lipinski definition) is 8. The van der Waals surface area contributed by atoms with Crippen LogP contribution in [0.15, 0.2) is 54.7 Å². The number of pyridine rings is 1. The van der Waals surface area contributed by atoms with Gasteiger partial charge in [0.25, 0.3) is 5.91 Å². The minimum atomic E-state index is -0.371. The third-order valence-electron chi connectivity index (χ3n) is 6.90. The molecule has 0 aliphatic heterocycles. The Bertz CT molecular complexity index is 1520. The molecule has 3 heterocycles. The van der Waals surface area contributed by atoms with Gasteiger partial charge in [-0.1, -0.05) is 42.2 Å². The van der Waals surface area contributed by atoms with Crippen LogP contribution >= 0.6 is 0 Å². The number of amides is 1. The summed E-state index contributed by atoms with van der Waals surface area (Å²) < 4.78 is 12.5. The van der Waals surface area contributed by atoms with E-state index in [0.717, 1.165) is 17.0 Å². The van der Waals surface area contributed by atoms with Gasteiger partial charge in [-0.15, -0.1) is 11.5 Å². The first kappa shape index (κ1) is 27.1. The zero-order valence-electron chi connectivity index (χ0n) is 22.6. The number of benzene rings is 1. The molecule has 10 heteroatoms. The average Bonchev–Trinajstić information content (AvgIpc) is 3.67. The summed E-state index contributed by atoms with van der Waals surface area (Å²) in [6, 6.07) is 15.2. The number of nitrogens with zero attached hydrogens (tertiary/aromatic N) is 6. The van der Waals surface area contributed by atoms with Gasteiger partial charge in [-0.2, -0.15) is 0 Å². The molecule has 1 unspecified atom stereocenters. The molecule has 1 saturated carbocycles. The van der Waals surface area contributed by atoms with Crippen LogP contribution in [0.25, 0.3) is 22.6 Å². The van der Waals surface area contributed by atoms with Crippen molar-refractivity contribution in [3.8, 4) is 35.0 Å². The predicted molar refractivity (Wildman–Crippen MR) is 150 cm³/mol. The molecule has 40 heavy (non-hydrogen) atoms. The van der Waals surface area contributed by atoms with Crippen LogP contribution in [0, 0.1) is 18.3 Å². The second kappa shape index (κ2) is 12.6. The van der Waals surface area contributed by atoms with Crippen molar-refractivity contribution >= 4 is 11.9 Å². The zero-order chi connectivity index (χ0) is 27.9. The van der Waals surface area contributed by atoms with Crippen LogP contribution in [-0.4, -0.2) is 56.7 Å². The number of terminal acetylenes is 1. The number of nitrogens with one attached hydrogen (secondary N) is 1. The highest BCUT2D eigenvalue weighted by Gasteiger charge is 2.27. The number of ether oxygens (including phenoxy) is 2. The summed E-state index contributed by atoms with van der Waals surface area (Å²) in [5.41, 5.74) is 4.90. The number of rotatable bonds is 10. The molecule has 5 rings (SSSR count). The molecule has 1 fully saturated rings. The van der Waals surface area contributed by atoms with Crippen LogP contribution in [0.5, 0.6) is 0 Å². The smallest absolute Gasteiger partial charge is 0.252 e. The Morgan fingerprint density at radius 2 is 1.88 bits per heavy atom. The fourth-order valence-electron chi connectivity index (χ4n) is 5.06. The Morgan fingerprint density at radius 3 is 2.65 bits per heavy atom. The Balaban J connectivity index is 1.42. The lowest BCUT2D eigenvalue weighted by Crippen LogP contribution is -2.19. The first-order valence-electron chi connectivity index (χ1n) is 13.2. The molecule has 4 aromatic rings. The quantitative estimate of drug-likeness (QED) is 0.298. The van der Waals surface area contributed by atoms with Crippen LogP contribution in [0.1, 0.15) is 48.7 Å². The van der Waals surface area contributed by atoms with Crippen molar-refractivity contribution in [1.82, 2.24) is 29.9 Å². The lowest BCUT2D eigenvalue weighted by molar-refractivity contribution is -0.119. The second-order valence-corrected chi connectivity index (χ2v) is 9.72. The SMILES string of the molecule is C#Cc1cccc(-c2cc(-c3cn(Cc4cccc(C(OC)C5CCCC5)n4)nn3)nc(NC(=O)COC)n2)c1. The summed E-state index contributed by atoms with van der Waals surface area (Å²) in [5, 5.41) is 11.3. The van der Waals surface area contributed by atoms with Crippen molar-refractivity contribution in [1.29, 1.82) is 0 Å². The minimum absolute atomic E-state index is 0.00656. The predicted octanol–water partition coefficient (Wildman–Crippen LogP) is 4.29. The molecular formula is C30H31N7O3. The second-order valence-electron chi connectivity index (χ2n) is 9.72. The molecule has 0 radical (unpaired) electrons. The van der Waals surface area contributed by atoms with Gasteiger partial charge >= 0.3 is 0 Å². The molecule has 0 spiro atoms. The van der Waals surface area contributed by atoms with Gasteiger partial charge in [0.1, 0.15) is 18.4 Å². The summed E-state index contributed by atoms with van der Waals surface area (Å²) in [4.78, 5) is 26.1. The molecule has 3 aromatic heterocycles. The van der Waals surface area contributed by atoms with E-state index < -0.39 is 0 Å². The monoisotopic (exact) mass is 537 g/mol. The maximum atomic E-state index is 12.2. The van der Waals surface area contributed by atoms with Gasteiger partial charge in [-0.3, -0.25) is 15.1 Å². The van der Waals surface area contributed by atoms with Gasteiger partial charge in [0, 0.05) is 25.3 Å². The van der Waals surface area contributed by atoms with Crippen molar-refractivity contribution in [2.24, 2.45) is 5.92 Å². The van der Waals surface area contributed by atoms with Crippen molar-refractivity contribution in [2.75, 3.05) is 26.1 Å². The number of carbonyl (C=O) groups excluding carboxylic acids is 1. The van der Waals surface area contributed by atoms with Crippen molar-refractivity contribution in [3.05, 3.63) is 71.7 Å². The topological polar surface area (TPSA) is 117 Å². The van der Waals surface area contributed by atoms with E-state index >= 15 is 0 Å². The van der Waals surface area contributed by atoms with Gasteiger partial charge in [-0.25, -0.2) is 14.6 Å². The van der Waals surface area contributed by atoms with Gasteiger partial charge in [0.05, 0.1) is 35.5 Å². The fraction of sp³-hybridized carbons (Fsp3) is 0.333. The molecular weight excluding hydrogens is 506 g/mol. The average molecular weight is 538 g/mol. The number of hydrogen-bond donors (Lipinski definition) is 1. The molecule has 0 bridgehead atoms. The fourth-order valence-corrected chi connectivity index (χ4v) is 5.06. The highest BCUT2D eigenvalue weighted by atomic mass is 16.5.